The molecule has 1 unspecified atom stereocenters. The van der Waals surface area contributed by atoms with Crippen LogP contribution in [0.2, 0.25) is 10.0 Å². The van der Waals surface area contributed by atoms with E-state index in [9.17, 15) is 9.90 Å². The lowest BCUT2D eigenvalue weighted by Crippen LogP contribution is -2.29. The van der Waals surface area contributed by atoms with E-state index in [1.165, 1.54) is 12.5 Å². The molecule has 0 aliphatic rings. The van der Waals surface area contributed by atoms with Gasteiger partial charge in [0.15, 0.2) is 0 Å². The molecule has 20 heavy (non-hydrogen) atoms. The number of benzene rings is 1. The number of nitrogens with one attached hydrogen (secondary N) is 1. The maximum absolute atomic E-state index is 11.9. The van der Waals surface area contributed by atoms with Crippen molar-refractivity contribution < 1.29 is 9.90 Å². The van der Waals surface area contributed by atoms with Gasteiger partial charge in [0.1, 0.15) is 12.0 Å². The average molecular weight is 312 g/mol. The minimum absolute atomic E-state index is 0.00288. The summed E-state index contributed by atoms with van der Waals surface area (Å²) in [6, 6.07) is 6.88. The minimum atomic E-state index is -0.909. The van der Waals surface area contributed by atoms with Crippen LogP contribution in [0.1, 0.15) is 22.2 Å². The van der Waals surface area contributed by atoms with Gasteiger partial charge in [-0.05, 0) is 6.07 Å². The monoisotopic (exact) mass is 311 g/mol. The van der Waals surface area contributed by atoms with Crippen LogP contribution >= 0.6 is 23.2 Å². The summed E-state index contributed by atoms with van der Waals surface area (Å²) in [4.78, 5) is 19.3. The molecular formula is C13H11Cl2N3O2. The number of halogens is 2. The van der Waals surface area contributed by atoms with Crippen molar-refractivity contribution in [2.45, 2.75) is 6.10 Å². The van der Waals surface area contributed by atoms with E-state index >= 15 is 0 Å². The predicted molar refractivity (Wildman–Crippen MR) is 75.8 cm³/mol. The maximum atomic E-state index is 11.9. The second-order valence-electron chi connectivity index (χ2n) is 3.97. The molecule has 2 rings (SSSR count). The molecule has 0 fully saturated rings. The van der Waals surface area contributed by atoms with E-state index in [2.05, 4.69) is 15.3 Å². The number of carbonyl (C=O) groups is 1. The summed E-state index contributed by atoms with van der Waals surface area (Å²) in [6.07, 6.45) is 1.65. The number of aliphatic hydroxyl groups excluding tert-OH is 1. The first kappa shape index (κ1) is 14.7. The third-order valence-electron chi connectivity index (χ3n) is 2.60. The van der Waals surface area contributed by atoms with Crippen molar-refractivity contribution in [3.63, 3.8) is 0 Å². The molecule has 0 aliphatic carbocycles. The SMILES string of the molecule is O=C(NCC(O)c1ccccc1Cl)c1ncncc1Cl. The zero-order valence-corrected chi connectivity index (χ0v) is 11.8. The Bertz CT molecular complexity index is 622. The van der Waals surface area contributed by atoms with Gasteiger partial charge in [-0.2, -0.15) is 0 Å². The summed E-state index contributed by atoms with van der Waals surface area (Å²) in [5.74, 6) is -0.483. The molecule has 0 bridgehead atoms. The van der Waals surface area contributed by atoms with Gasteiger partial charge in [0.05, 0.1) is 11.1 Å². The molecule has 1 heterocycles. The third kappa shape index (κ3) is 3.45. The van der Waals surface area contributed by atoms with Crippen LogP contribution in [0.3, 0.4) is 0 Å². The first-order valence-corrected chi connectivity index (χ1v) is 6.51. The van der Waals surface area contributed by atoms with Crippen LogP contribution in [0.15, 0.2) is 36.8 Å². The third-order valence-corrected chi connectivity index (χ3v) is 3.22. The Kier molecular flexibility index (Phi) is 4.89. The zero-order valence-electron chi connectivity index (χ0n) is 10.3. The van der Waals surface area contributed by atoms with Crippen molar-refractivity contribution in [1.82, 2.24) is 15.3 Å². The van der Waals surface area contributed by atoms with Gasteiger partial charge in [-0.1, -0.05) is 41.4 Å². The van der Waals surface area contributed by atoms with Gasteiger partial charge in [0.2, 0.25) is 0 Å². The van der Waals surface area contributed by atoms with E-state index < -0.39 is 12.0 Å². The first-order valence-electron chi connectivity index (χ1n) is 5.75. The van der Waals surface area contributed by atoms with E-state index in [0.717, 1.165) is 0 Å². The molecule has 0 spiro atoms. The molecule has 7 heteroatoms. The molecule has 0 saturated heterocycles. The summed E-state index contributed by atoms with van der Waals surface area (Å²) >= 11 is 11.8. The summed E-state index contributed by atoms with van der Waals surface area (Å²) in [5, 5.41) is 13.1. The van der Waals surface area contributed by atoms with Gasteiger partial charge in [0, 0.05) is 23.3 Å². The van der Waals surface area contributed by atoms with Crippen molar-refractivity contribution >= 4 is 29.1 Å². The molecule has 1 aromatic carbocycles. The number of rotatable bonds is 4. The fourth-order valence-electron chi connectivity index (χ4n) is 1.61. The normalized spacial score (nSPS) is 11.9. The highest BCUT2D eigenvalue weighted by atomic mass is 35.5. The van der Waals surface area contributed by atoms with E-state index in [1.807, 2.05) is 0 Å². The minimum Gasteiger partial charge on any atom is -0.387 e. The van der Waals surface area contributed by atoms with Crippen LogP contribution in [-0.2, 0) is 0 Å². The summed E-state index contributed by atoms with van der Waals surface area (Å²) in [5.41, 5.74) is 0.608. The number of aliphatic hydroxyl groups is 1. The van der Waals surface area contributed by atoms with Crippen molar-refractivity contribution in [2.24, 2.45) is 0 Å². The highest BCUT2D eigenvalue weighted by Gasteiger charge is 2.15. The fourth-order valence-corrected chi connectivity index (χ4v) is 2.06. The number of aromatic nitrogens is 2. The van der Waals surface area contributed by atoms with Gasteiger partial charge in [0.25, 0.3) is 5.91 Å². The Labute approximate surface area is 125 Å². The predicted octanol–water partition coefficient (Wildman–Crippen LogP) is 2.25. The second kappa shape index (κ2) is 6.65. The van der Waals surface area contributed by atoms with Crippen LogP contribution < -0.4 is 5.32 Å². The van der Waals surface area contributed by atoms with E-state index in [-0.39, 0.29) is 17.3 Å². The van der Waals surface area contributed by atoms with Gasteiger partial charge >= 0.3 is 0 Å². The second-order valence-corrected chi connectivity index (χ2v) is 4.78. The highest BCUT2D eigenvalue weighted by Crippen LogP contribution is 2.22. The molecule has 104 valence electrons. The molecular weight excluding hydrogens is 301 g/mol. The van der Waals surface area contributed by atoms with Gasteiger partial charge in [-0.3, -0.25) is 4.79 Å². The Hall–Kier alpha value is -1.69. The number of nitrogens with zero attached hydrogens (tertiary/aromatic N) is 2. The lowest BCUT2D eigenvalue weighted by molar-refractivity contribution is 0.0911. The molecule has 0 saturated carbocycles. The quantitative estimate of drug-likeness (QED) is 0.908. The highest BCUT2D eigenvalue weighted by molar-refractivity contribution is 6.33. The van der Waals surface area contributed by atoms with Gasteiger partial charge < -0.3 is 10.4 Å². The average Bonchev–Trinajstić information content (AvgIpc) is 2.45. The fraction of sp³-hybridized carbons (Fsp3) is 0.154. The van der Waals surface area contributed by atoms with Gasteiger partial charge in [-0.25, -0.2) is 9.97 Å². The summed E-state index contributed by atoms with van der Waals surface area (Å²) in [7, 11) is 0. The molecule has 5 nitrogen and oxygen atoms in total. The number of amides is 1. The molecule has 2 aromatic rings. The molecule has 2 N–H and O–H groups in total. The zero-order chi connectivity index (χ0) is 14.5. The van der Waals surface area contributed by atoms with Crippen LogP contribution in [-0.4, -0.2) is 27.5 Å². The molecule has 0 aliphatic heterocycles. The first-order chi connectivity index (χ1) is 9.59. The van der Waals surface area contributed by atoms with E-state index in [0.29, 0.717) is 10.6 Å². The van der Waals surface area contributed by atoms with Gasteiger partial charge in [-0.15, -0.1) is 0 Å². The molecule has 1 amide bonds. The standard InChI is InChI=1S/C13H11Cl2N3O2/c14-9-4-2-1-3-8(9)11(19)6-17-13(20)12-10(15)5-16-7-18-12/h1-5,7,11,19H,6H2,(H,17,20). The molecule has 1 aromatic heterocycles. The Morgan fingerprint density at radius 3 is 2.75 bits per heavy atom. The Morgan fingerprint density at radius 2 is 2.05 bits per heavy atom. The van der Waals surface area contributed by atoms with Crippen LogP contribution in [0.25, 0.3) is 0 Å². The largest absolute Gasteiger partial charge is 0.387 e. The van der Waals surface area contributed by atoms with Crippen LogP contribution in [0, 0.1) is 0 Å². The van der Waals surface area contributed by atoms with Crippen molar-refractivity contribution in [1.29, 1.82) is 0 Å². The lowest BCUT2D eigenvalue weighted by atomic mass is 10.1. The number of carbonyl (C=O) groups excluding carboxylic acids is 1. The maximum Gasteiger partial charge on any atom is 0.271 e. The molecule has 0 radical (unpaired) electrons. The van der Waals surface area contributed by atoms with Crippen LogP contribution in [0.4, 0.5) is 0 Å². The molecule has 1 atom stereocenters. The van der Waals surface area contributed by atoms with Crippen molar-refractivity contribution in [2.75, 3.05) is 6.54 Å². The Morgan fingerprint density at radius 1 is 1.30 bits per heavy atom. The summed E-state index contributed by atoms with van der Waals surface area (Å²) in [6.45, 7) is 0.00288. The number of hydrogen-bond donors (Lipinski definition) is 2. The summed E-state index contributed by atoms with van der Waals surface area (Å²) < 4.78 is 0. The lowest BCUT2D eigenvalue weighted by Gasteiger charge is -2.13. The van der Waals surface area contributed by atoms with Crippen molar-refractivity contribution in [3.8, 4) is 0 Å². The number of hydrogen-bond acceptors (Lipinski definition) is 4. The van der Waals surface area contributed by atoms with Crippen LogP contribution in [0.5, 0.6) is 0 Å². The van der Waals surface area contributed by atoms with Crippen molar-refractivity contribution in [3.05, 3.63) is 58.1 Å². The van der Waals surface area contributed by atoms with E-state index in [1.54, 1.807) is 24.3 Å². The topological polar surface area (TPSA) is 75.1 Å². The Balaban J connectivity index is 2.01. The smallest absolute Gasteiger partial charge is 0.271 e. The van der Waals surface area contributed by atoms with E-state index in [4.69, 9.17) is 23.2 Å².